The van der Waals surface area contributed by atoms with Crippen molar-refractivity contribution in [1.82, 2.24) is 24.9 Å². The highest BCUT2D eigenvalue weighted by Gasteiger charge is 2.39. The highest BCUT2D eigenvalue weighted by atomic mass is 32.2. The van der Waals surface area contributed by atoms with Crippen LogP contribution in [0.5, 0.6) is 0 Å². The van der Waals surface area contributed by atoms with Gasteiger partial charge in [-0.25, -0.2) is 27.7 Å². The molecule has 5 N–H and O–H groups in total. The molecule has 0 saturated carbocycles. The highest BCUT2D eigenvalue weighted by Crippen LogP contribution is 2.27. The molecule has 0 spiro atoms. The van der Waals surface area contributed by atoms with Crippen LogP contribution in [-0.2, 0) is 37.2 Å². The van der Waals surface area contributed by atoms with Crippen LogP contribution in [0.3, 0.4) is 0 Å². The van der Waals surface area contributed by atoms with Gasteiger partial charge >= 0.3 is 18.2 Å². The number of aromatic amines is 1. The third kappa shape index (κ3) is 9.72. The number of nitrogens with zero attached hydrogens (tertiary/aromatic N) is 2. The predicted octanol–water partition coefficient (Wildman–Crippen LogP) is 4.79. The van der Waals surface area contributed by atoms with Gasteiger partial charge in [0.05, 0.1) is 17.1 Å². The maximum Gasteiger partial charge on any atom is 0.490 e. The first-order chi connectivity index (χ1) is 23.8. The maximum absolute atomic E-state index is 14.1. The second-order valence-corrected chi connectivity index (χ2v) is 14.1. The summed E-state index contributed by atoms with van der Waals surface area (Å²) in [5.41, 5.74) is 2.51. The second-order valence-electron chi connectivity index (χ2n) is 12.4. The SMILES string of the molecule is CC(C)(C)N(C(=O)O)[C@@H](Cc1ccccc1)C(=O)NC(Cc1ccc(C2=CC(=O)NS2(=O)=O)cc1)c1nc2ccccc2[nH]1.O=C(O)C(F)(F)F. The Morgan fingerprint density at radius 3 is 1.96 bits per heavy atom. The van der Waals surface area contributed by atoms with Crippen LogP contribution in [0, 0.1) is 0 Å². The third-order valence-electron chi connectivity index (χ3n) is 7.58. The number of sulfonamides is 1. The van der Waals surface area contributed by atoms with E-state index in [1.807, 2.05) is 59.3 Å². The summed E-state index contributed by atoms with van der Waals surface area (Å²) in [5.74, 6) is -3.46. The van der Waals surface area contributed by atoms with Gasteiger partial charge < -0.3 is 20.5 Å². The van der Waals surface area contributed by atoms with Gasteiger partial charge in [0.1, 0.15) is 16.8 Å². The van der Waals surface area contributed by atoms with E-state index >= 15 is 0 Å². The van der Waals surface area contributed by atoms with Crippen LogP contribution >= 0.6 is 0 Å². The lowest BCUT2D eigenvalue weighted by atomic mass is 9.97. The number of alkyl halides is 3. The molecule has 1 aromatic heterocycles. The lowest BCUT2D eigenvalue weighted by Gasteiger charge is -2.39. The molecule has 51 heavy (non-hydrogen) atoms. The van der Waals surface area contributed by atoms with Gasteiger partial charge in [-0.05, 0) is 56.0 Å². The molecule has 0 radical (unpaired) electrons. The molecule has 4 aromatic rings. The molecule has 17 heteroatoms. The summed E-state index contributed by atoms with van der Waals surface area (Å²) in [7, 11) is -3.92. The summed E-state index contributed by atoms with van der Waals surface area (Å²) in [6, 6.07) is 21.6. The number of aliphatic carboxylic acids is 1. The average Bonchev–Trinajstić information content (AvgIpc) is 3.59. The zero-order chi connectivity index (χ0) is 37.7. The number of carboxylic acid groups (broad SMARTS) is 2. The summed E-state index contributed by atoms with van der Waals surface area (Å²) in [4.78, 5) is 56.2. The summed E-state index contributed by atoms with van der Waals surface area (Å²) in [6.07, 6.45) is -4.84. The van der Waals surface area contributed by atoms with Crippen molar-refractivity contribution in [3.63, 3.8) is 0 Å². The Kier molecular flexibility index (Phi) is 11.2. The van der Waals surface area contributed by atoms with E-state index in [-0.39, 0.29) is 17.7 Å². The number of carbonyl (C=O) groups excluding carboxylic acids is 2. The van der Waals surface area contributed by atoms with E-state index < -0.39 is 57.7 Å². The molecule has 1 unspecified atom stereocenters. The van der Waals surface area contributed by atoms with E-state index in [9.17, 15) is 41.1 Å². The molecule has 0 fully saturated rings. The molecule has 1 aliphatic heterocycles. The van der Waals surface area contributed by atoms with Crippen molar-refractivity contribution in [3.05, 3.63) is 107 Å². The van der Waals surface area contributed by atoms with E-state index in [4.69, 9.17) is 14.9 Å². The van der Waals surface area contributed by atoms with Crippen molar-refractivity contribution in [2.24, 2.45) is 0 Å². The fraction of sp³-hybridized carbons (Fsp3) is 0.265. The first kappa shape index (κ1) is 38.1. The molecule has 270 valence electrons. The number of carbonyl (C=O) groups is 4. The van der Waals surface area contributed by atoms with Gasteiger partial charge in [-0.2, -0.15) is 13.2 Å². The van der Waals surface area contributed by atoms with Crippen LogP contribution in [0.25, 0.3) is 15.9 Å². The van der Waals surface area contributed by atoms with E-state index in [1.165, 1.54) is 4.90 Å². The van der Waals surface area contributed by atoms with Gasteiger partial charge in [-0.15, -0.1) is 0 Å². The molecule has 0 bridgehead atoms. The van der Waals surface area contributed by atoms with E-state index in [2.05, 4.69) is 10.3 Å². The zero-order valence-corrected chi connectivity index (χ0v) is 28.2. The van der Waals surface area contributed by atoms with Crippen molar-refractivity contribution >= 4 is 49.8 Å². The largest absolute Gasteiger partial charge is 0.490 e. The van der Waals surface area contributed by atoms with Gasteiger partial charge in [0, 0.05) is 18.0 Å². The molecule has 0 saturated heterocycles. The smallest absolute Gasteiger partial charge is 0.475 e. The molecular formula is C34H34F3N5O8S. The minimum Gasteiger partial charge on any atom is -0.475 e. The summed E-state index contributed by atoms with van der Waals surface area (Å²) < 4.78 is 58.2. The average molecular weight is 730 g/mol. The number of H-pyrrole nitrogens is 1. The van der Waals surface area contributed by atoms with Crippen molar-refractivity contribution in [1.29, 1.82) is 0 Å². The lowest BCUT2D eigenvalue weighted by Crippen LogP contribution is -2.58. The van der Waals surface area contributed by atoms with Gasteiger partial charge in [0.25, 0.3) is 15.9 Å². The Bertz CT molecular complexity index is 2030. The number of nitrogens with one attached hydrogen (secondary N) is 3. The molecule has 0 aliphatic carbocycles. The number of hydrogen-bond acceptors (Lipinski definition) is 7. The number of aromatic nitrogens is 2. The fourth-order valence-electron chi connectivity index (χ4n) is 5.34. The molecule has 2 atom stereocenters. The summed E-state index contributed by atoms with van der Waals surface area (Å²) in [5, 5.41) is 20.4. The van der Waals surface area contributed by atoms with Crippen LogP contribution in [-0.4, -0.2) is 75.1 Å². The number of halogens is 3. The lowest BCUT2D eigenvalue weighted by molar-refractivity contribution is -0.192. The number of carboxylic acids is 1. The van der Waals surface area contributed by atoms with E-state index in [0.29, 0.717) is 16.9 Å². The van der Waals surface area contributed by atoms with Crippen molar-refractivity contribution < 1.29 is 51.0 Å². The summed E-state index contributed by atoms with van der Waals surface area (Å²) >= 11 is 0. The molecule has 5 rings (SSSR count). The second kappa shape index (κ2) is 15.0. The number of benzene rings is 3. The number of para-hydroxylation sites is 2. The molecule has 3 amide bonds. The Morgan fingerprint density at radius 1 is 0.882 bits per heavy atom. The van der Waals surface area contributed by atoms with Crippen LogP contribution < -0.4 is 10.0 Å². The number of imidazole rings is 1. The van der Waals surface area contributed by atoms with Crippen LogP contribution in [0.2, 0.25) is 0 Å². The number of rotatable bonds is 9. The van der Waals surface area contributed by atoms with Gasteiger partial charge in [-0.1, -0.05) is 66.7 Å². The predicted molar refractivity (Wildman–Crippen MR) is 179 cm³/mol. The third-order valence-corrected chi connectivity index (χ3v) is 8.98. The minimum atomic E-state index is -5.08. The van der Waals surface area contributed by atoms with Crippen molar-refractivity contribution in [2.75, 3.05) is 0 Å². The molecule has 1 aliphatic rings. The monoisotopic (exact) mass is 729 g/mol. The highest BCUT2D eigenvalue weighted by molar-refractivity contribution is 7.99. The topological polar surface area (TPSA) is 199 Å². The molecule has 13 nitrogen and oxygen atoms in total. The molecule has 3 aromatic carbocycles. The van der Waals surface area contributed by atoms with Gasteiger partial charge in [0.2, 0.25) is 5.91 Å². The van der Waals surface area contributed by atoms with Crippen molar-refractivity contribution in [2.45, 2.75) is 57.4 Å². The first-order valence-electron chi connectivity index (χ1n) is 15.3. The van der Waals surface area contributed by atoms with Crippen LogP contribution in [0.4, 0.5) is 18.0 Å². The number of hydrogen-bond donors (Lipinski definition) is 5. The number of amides is 3. The maximum atomic E-state index is 14.1. The van der Waals surface area contributed by atoms with E-state index in [1.54, 1.807) is 45.0 Å². The fourth-order valence-corrected chi connectivity index (χ4v) is 6.48. The Balaban J connectivity index is 0.000000755. The van der Waals surface area contributed by atoms with Gasteiger partial charge in [-0.3, -0.25) is 14.5 Å². The normalized spacial score (nSPS) is 15.1. The van der Waals surface area contributed by atoms with Crippen LogP contribution in [0.1, 0.15) is 49.3 Å². The number of fused-ring (bicyclic) bond motifs is 1. The van der Waals surface area contributed by atoms with Crippen molar-refractivity contribution in [3.8, 4) is 0 Å². The quantitative estimate of drug-likeness (QED) is 0.161. The Hall–Kier alpha value is -5.71. The van der Waals surface area contributed by atoms with Crippen LogP contribution in [0.15, 0.2) is 84.9 Å². The Labute approximate surface area is 290 Å². The standard InChI is InChI=1S/C32H33N5O6S.C2HF3O2/c1-32(2,3)37(31(40)41)26(18-20-9-5-4-6-10-20)30(39)35-25(29-33-23-11-7-8-12-24(23)34-29)17-21-13-15-22(16-14-21)27-19-28(38)36-44(27,42)43;3-2(4,5)1(6)7/h4-16,19,25-26H,17-18H2,1-3H3,(H,33,34)(H,35,39)(H,36,38)(H,40,41);(H,6,7)/t25?,26-;/m0./s1. The van der Waals surface area contributed by atoms with E-state index in [0.717, 1.165) is 22.7 Å². The summed E-state index contributed by atoms with van der Waals surface area (Å²) in [6.45, 7) is 5.23. The Morgan fingerprint density at radius 2 is 1.45 bits per heavy atom. The molecular weight excluding hydrogens is 695 g/mol. The first-order valence-corrected chi connectivity index (χ1v) is 16.7. The zero-order valence-electron chi connectivity index (χ0n) is 27.4. The molecule has 2 heterocycles. The minimum absolute atomic E-state index is 0.115. The van der Waals surface area contributed by atoms with Gasteiger partial charge in [0.15, 0.2) is 0 Å².